The molecule has 1 atom stereocenters. The Balaban J connectivity index is 1.78. The summed E-state index contributed by atoms with van der Waals surface area (Å²) in [5.41, 5.74) is 3.58. The van der Waals surface area contributed by atoms with E-state index in [2.05, 4.69) is 15.7 Å². The van der Waals surface area contributed by atoms with E-state index >= 15 is 0 Å². The van der Waals surface area contributed by atoms with E-state index in [1.54, 1.807) is 4.90 Å². The maximum Gasteiger partial charge on any atom is 0.270 e. The normalized spacial score (nSPS) is 22.6. The minimum absolute atomic E-state index is 0.0796. The lowest BCUT2D eigenvalue weighted by Crippen LogP contribution is -2.39. The maximum atomic E-state index is 12.5. The van der Waals surface area contributed by atoms with Crippen LogP contribution in [0.2, 0.25) is 0 Å². The molecule has 0 bridgehead atoms. The average molecular weight is 276 g/mol. The molecule has 7 heteroatoms. The highest BCUT2D eigenvalue weighted by Gasteiger charge is 2.35. The number of nitrogens with one attached hydrogen (secondary N) is 1. The first-order valence-corrected chi connectivity index (χ1v) is 6.75. The molecule has 106 valence electrons. The standard InChI is InChI=1S/C13H16N4O3/c1-8-7-11(20-16-8)10-3-2-6-17(10)13(19)9-4-5-12(18)15-14-9/h7,10H,2-6H2,1H3,(H,15,18). The van der Waals surface area contributed by atoms with Gasteiger partial charge in [-0.2, -0.15) is 5.10 Å². The van der Waals surface area contributed by atoms with Gasteiger partial charge in [0.1, 0.15) is 5.71 Å². The number of aromatic nitrogens is 1. The van der Waals surface area contributed by atoms with Gasteiger partial charge < -0.3 is 9.42 Å². The van der Waals surface area contributed by atoms with E-state index in [0.29, 0.717) is 30.9 Å². The summed E-state index contributed by atoms with van der Waals surface area (Å²) in [5, 5.41) is 7.75. The summed E-state index contributed by atoms with van der Waals surface area (Å²) < 4.78 is 5.28. The number of hydrogen-bond acceptors (Lipinski definition) is 5. The summed E-state index contributed by atoms with van der Waals surface area (Å²) in [7, 11) is 0. The lowest BCUT2D eigenvalue weighted by molar-refractivity contribution is -0.125. The third-order valence-corrected chi connectivity index (χ3v) is 3.64. The van der Waals surface area contributed by atoms with E-state index in [1.807, 2.05) is 13.0 Å². The molecule has 1 fully saturated rings. The number of nitrogens with zero attached hydrogens (tertiary/aromatic N) is 3. The molecule has 0 saturated carbocycles. The molecule has 1 unspecified atom stereocenters. The van der Waals surface area contributed by atoms with Crippen molar-refractivity contribution in [1.29, 1.82) is 0 Å². The van der Waals surface area contributed by atoms with Crippen LogP contribution in [0.3, 0.4) is 0 Å². The minimum Gasteiger partial charge on any atom is -0.359 e. The van der Waals surface area contributed by atoms with Gasteiger partial charge in [0, 0.05) is 25.5 Å². The highest BCUT2D eigenvalue weighted by Crippen LogP contribution is 2.32. The predicted octanol–water partition coefficient (Wildman–Crippen LogP) is 0.913. The number of amides is 2. The van der Waals surface area contributed by atoms with Gasteiger partial charge in [0.05, 0.1) is 11.7 Å². The number of hydrazone groups is 1. The fraction of sp³-hybridized carbons (Fsp3) is 0.538. The second-order valence-corrected chi connectivity index (χ2v) is 5.12. The number of likely N-dealkylation sites (tertiary alicyclic amines) is 1. The Bertz CT molecular complexity index is 578. The Hall–Kier alpha value is -2.18. The Labute approximate surface area is 116 Å². The molecule has 0 aromatic carbocycles. The van der Waals surface area contributed by atoms with E-state index in [1.165, 1.54) is 0 Å². The molecule has 2 aliphatic rings. The van der Waals surface area contributed by atoms with Gasteiger partial charge in [-0.25, -0.2) is 5.43 Å². The number of carbonyl (C=O) groups excluding carboxylic acids is 2. The molecule has 0 spiro atoms. The molecule has 2 aliphatic heterocycles. The van der Waals surface area contributed by atoms with E-state index < -0.39 is 0 Å². The zero-order valence-electron chi connectivity index (χ0n) is 11.3. The van der Waals surface area contributed by atoms with Crippen molar-refractivity contribution in [2.45, 2.75) is 38.6 Å². The lowest BCUT2D eigenvalue weighted by Gasteiger charge is -2.24. The third kappa shape index (κ3) is 2.31. The second kappa shape index (κ2) is 5.07. The van der Waals surface area contributed by atoms with Crippen LogP contribution in [0.5, 0.6) is 0 Å². The molecular weight excluding hydrogens is 260 g/mol. The van der Waals surface area contributed by atoms with Crippen molar-refractivity contribution < 1.29 is 14.1 Å². The minimum atomic E-state index is -0.148. The molecule has 1 saturated heterocycles. The van der Waals surface area contributed by atoms with Crippen molar-refractivity contribution in [3.05, 3.63) is 17.5 Å². The zero-order chi connectivity index (χ0) is 14.1. The smallest absolute Gasteiger partial charge is 0.270 e. The molecule has 1 N–H and O–H groups in total. The van der Waals surface area contributed by atoms with E-state index in [9.17, 15) is 9.59 Å². The number of carbonyl (C=O) groups is 2. The molecule has 0 aliphatic carbocycles. The van der Waals surface area contributed by atoms with Crippen molar-refractivity contribution in [2.75, 3.05) is 6.54 Å². The average Bonchev–Trinajstić information content (AvgIpc) is 3.07. The van der Waals surface area contributed by atoms with Crippen LogP contribution >= 0.6 is 0 Å². The van der Waals surface area contributed by atoms with E-state index in [4.69, 9.17) is 4.52 Å². The second-order valence-electron chi connectivity index (χ2n) is 5.12. The number of rotatable bonds is 2. The quantitative estimate of drug-likeness (QED) is 0.869. The highest BCUT2D eigenvalue weighted by molar-refractivity contribution is 6.39. The van der Waals surface area contributed by atoms with Crippen LogP contribution in [-0.2, 0) is 9.59 Å². The van der Waals surface area contributed by atoms with Crippen molar-refractivity contribution in [3.63, 3.8) is 0 Å². The Morgan fingerprint density at radius 3 is 3.00 bits per heavy atom. The molecular formula is C13H16N4O3. The fourth-order valence-corrected chi connectivity index (χ4v) is 2.64. The van der Waals surface area contributed by atoms with Crippen LogP contribution in [0.15, 0.2) is 15.7 Å². The largest absolute Gasteiger partial charge is 0.359 e. The SMILES string of the molecule is Cc1cc(C2CCCN2C(=O)C2=NNC(=O)CC2)on1. The molecule has 3 rings (SSSR count). The predicted molar refractivity (Wildman–Crippen MR) is 69.7 cm³/mol. The Kier molecular flexibility index (Phi) is 3.25. The Morgan fingerprint density at radius 1 is 1.50 bits per heavy atom. The summed E-state index contributed by atoms with van der Waals surface area (Å²) in [6, 6.07) is 1.78. The van der Waals surface area contributed by atoms with E-state index in [0.717, 1.165) is 18.5 Å². The van der Waals surface area contributed by atoms with Crippen molar-refractivity contribution >= 4 is 17.5 Å². The van der Waals surface area contributed by atoms with E-state index in [-0.39, 0.29) is 17.9 Å². The third-order valence-electron chi connectivity index (χ3n) is 3.64. The highest BCUT2D eigenvalue weighted by atomic mass is 16.5. The van der Waals surface area contributed by atoms with Gasteiger partial charge in [0.25, 0.3) is 5.91 Å². The first kappa shape index (κ1) is 12.8. The number of aryl methyl sites for hydroxylation is 1. The first-order valence-electron chi connectivity index (χ1n) is 6.75. The van der Waals surface area contributed by atoms with Gasteiger partial charge in [-0.05, 0) is 19.8 Å². The van der Waals surface area contributed by atoms with Crippen molar-refractivity contribution in [3.8, 4) is 0 Å². The van der Waals surface area contributed by atoms with Crippen molar-refractivity contribution in [1.82, 2.24) is 15.5 Å². The zero-order valence-corrected chi connectivity index (χ0v) is 11.3. The van der Waals surface area contributed by atoms with Crippen LogP contribution < -0.4 is 5.43 Å². The van der Waals surface area contributed by atoms with Gasteiger partial charge in [-0.1, -0.05) is 5.16 Å². The summed E-state index contributed by atoms with van der Waals surface area (Å²) in [6.07, 6.45) is 2.49. The summed E-state index contributed by atoms with van der Waals surface area (Å²) in [5.74, 6) is 0.445. The van der Waals surface area contributed by atoms with Crippen LogP contribution in [0.25, 0.3) is 0 Å². The number of hydrogen-bond donors (Lipinski definition) is 1. The summed E-state index contributed by atoms with van der Waals surface area (Å²) >= 11 is 0. The monoisotopic (exact) mass is 276 g/mol. The van der Waals surface area contributed by atoms with Crippen LogP contribution in [-0.4, -0.2) is 34.1 Å². The maximum absolute atomic E-state index is 12.5. The molecule has 1 aromatic heterocycles. The summed E-state index contributed by atoms with van der Waals surface area (Å²) in [4.78, 5) is 25.3. The lowest BCUT2D eigenvalue weighted by atomic mass is 10.1. The Morgan fingerprint density at radius 2 is 2.35 bits per heavy atom. The molecule has 2 amide bonds. The topological polar surface area (TPSA) is 87.8 Å². The van der Waals surface area contributed by atoms with Gasteiger partial charge in [-0.15, -0.1) is 0 Å². The fourth-order valence-electron chi connectivity index (χ4n) is 2.64. The molecule has 3 heterocycles. The van der Waals surface area contributed by atoms with Gasteiger partial charge in [-0.3, -0.25) is 9.59 Å². The van der Waals surface area contributed by atoms with Gasteiger partial charge >= 0.3 is 0 Å². The molecule has 0 radical (unpaired) electrons. The van der Waals surface area contributed by atoms with Crippen LogP contribution in [0.4, 0.5) is 0 Å². The van der Waals surface area contributed by atoms with Crippen LogP contribution in [0, 0.1) is 6.92 Å². The van der Waals surface area contributed by atoms with Crippen molar-refractivity contribution in [2.24, 2.45) is 5.10 Å². The molecule has 20 heavy (non-hydrogen) atoms. The molecule has 7 nitrogen and oxygen atoms in total. The van der Waals surface area contributed by atoms with Gasteiger partial charge in [0.15, 0.2) is 5.76 Å². The molecule has 1 aromatic rings. The summed E-state index contributed by atoms with van der Waals surface area (Å²) in [6.45, 7) is 2.53. The van der Waals surface area contributed by atoms with Crippen LogP contribution in [0.1, 0.15) is 43.2 Å². The van der Waals surface area contributed by atoms with Gasteiger partial charge in [0.2, 0.25) is 5.91 Å². The first-order chi connectivity index (χ1) is 9.65.